The van der Waals surface area contributed by atoms with Crippen LogP contribution in [0.3, 0.4) is 0 Å². The van der Waals surface area contributed by atoms with Crippen molar-refractivity contribution in [3.8, 4) is 0 Å². The van der Waals surface area contributed by atoms with Gasteiger partial charge in [-0.1, -0.05) is 41.4 Å². The highest BCUT2D eigenvalue weighted by molar-refractivity contribution is 6.31. The first kappa shape index (κ1) is 19.6. The van der Waals surface area contributed by atoms with Crippen LogP contribution in [-0.4, -0.2) is 46.7 Å². The van der Waals surface area contributed by atoms with Crippen molar-refractivity contribution in [3.63, 3.8) is 0 Å². The molecule has 6 heteroatoms. The van der Waals surface area contributed by atoms with Crippen molar-refractivity contribution in [3.05, 3.63) is 69.7 Å². The summed E-state index contributed by atoms with van der Waals surface area (Å²) in [5.41, 5.74) is 2.82. The third-order valence-corrected chi connectivity index (χ3v) is 6.16. The predicted molar refractivity (Wildman–Crippen MR) is 111 cm³/mol. The zero-order chi connectivity index (χ0) is 20.5. The molecular formula is C23H23ClN2O3. The largest absolute Gasteiger partial charge is 0.339 e. The minimum atomic E-state index is -0.313. The highest BCUT2D eigenvalue weighted by Gasteiger charge is 2.36. The SMILES string of the molecule is Cc1ccc2c(c1)C(=O)N(CCC(=O)N1CCCC1Cc1ccccc1Cl)C2=O. The molecule has 2 heterocycles. The summed E-state index contributed by atoms with van der Waals surface area (Å²) in [6, 6.07) is 13.0. The number of imide groups is 1. The summed E-state index contributed by atoms with van der Waals surface area (Å²) in [6.07, 6.45) is 2.75. The van der Waals surface area contributed by atoms with Crippen LogP contribution < -0.4 is 0 Å². The fourth-order valence-corrected chi connectivity index (χ4v) is 4.47. The molecule has 0 N–H and O–H groups in total. The number of hydrogen-bond donors (Lipinski definition) is 0. The third kappa shape index (κ3) is 3.79. The maximum Gasteiger partial charge on any atom is 0.261 e. The number of amides is 3. The molecule has 0 aromatic heterocycles. The second-order valence-corrected chi connectivity index (χ2v) is 8.15. The van der Waals surface area contributed by atoms with Gasteiger partial charge in [0.25, 0.3) is 11.8 Å². The summed E-state index contributed by atoms with van der Waals surface area (Å²) >= 11 is 6.28. The molecule has 1 unspecified atom stereocenters. The van der Waals surface area contributed by atoms with E-state index in [1.54, 1.807) is 12.1 Å². The summed E-state index contributed by atoms with van der Waals surface area (Å²) in [5, 5.41) is 0.716. The van der Waals surface area contributed by atoms with Gasteiger partial charge in [0.15, 0.2) is 0 Å². The molecule has 0 bridgehead atoms. The first-order chi connectivity index (χ1) is 14.0. The van der Waals surface area contributed by atoms with E-state index in [-0.39, 0.29) is 36.7 Å². The van der Waals surface area contributed by atoms with Gasteiger partial charge in [0, 0.05) is 30.6 Å². The number of rotatable bonds is 5. The Morgan fingerprint density at radius 1 is 1.10 bits per heavy atom. The molecule has 0 saturated carbocycles. The average molecular weight is 411 g/mol. The lowest BCUT2D eigenvalue weighted by Crippen LogP contribution is -2.40. The molecule has 4 rings (SSSR count). The molecule has 29 heavy (non-hydrogen) atoms. The Labute approximate surface area is 175 Å². The fourth-order valence-electron chi connectivity index (χ4n) is 4.25. The highest BCUT2D eigenvalue weighted by atomic mass is 35.5. The van der Waals surface area contributed by atoms with Crippen molar-refractivity contribution in [1.82, 2.24) is 9.80 Å². The van der Waals surface area contributed by atoms with Crippen LogP contribution in [0.2, 0.25) is 5.02 Å². The maximum atomic E-state index is 12.9. The molecule has 2 aliphatic rings. The Hall–Kier alpha value is -2.66. The first-order valence-electron chi connectivity index (χ1n) is 9.95. The van der Waals surface area contributed by atoms with Crippen molar-refractivity contribution in [2.45, 2.75) is 38.6 Å². The van der Waals surface area contributed by atoms with Crippen molar-refractivity contribution in [2.75, 3.05) is 13.1 Å². The van der Waals surface area contributed by atoms with Gasteiger partial charge in [-0.15, -0.1) is 0 Å². The van der Waals surface area contributed by atoms with Gasteiger partial charge >= 0.3 is 0 Å². The van der Waals surface area contributed by atoms with Crippen LogP contribution in [0.4, 0.5) is 0 Å². The van der Waals surface area contributed by atoms with Crippen LogP contribution in [0.25, 0.3) is 0 Å². The lowest BCUT2D eigenvalue weighted by molar-refractivity contribution is -0.132. The van der Waals surface area contributed by atoms with Crippen LogP contribution in [-0.2, 0) is 11.2 Å². The van der Waals surface area contributed by atoms with Gasteiger partial charge in [-0.25, -0.2) is 0 Å². The molecule has 1 saturated heterocycles. The number of aryl methyl sites for hydroxylation is 1. The average Bonchev–Trinajstić information content (AvgIpc) is 3.25. The molecule has 1 atom stereocenters. The Bertz CT molecular complexity index is 988. The fraction of sp³-hybridized carbons (Fsp3) is 0.348. The number of benzene rings is 2. The molecule has 5 nitrogen and oxygen atoms in total. The van der Waals surface area contributed by atoms with E-state index in [4.69, 9.17) is 11.6 Å². The number of likely N-dealkylation sites (tertiary alicyclic amines) is 1. The van der Waals surface area contributed by atoms with Crippen LogP contribution in [0.1, 0.15) is 51.1 Å². The van der Waals surface area contributed by atoms with E-state index in [0.29, 0.717) is 22.7 Å². The zero-order valence-corrected chi connectivity index (χ0v) is 17.1. The lowest BCUT2D eigenvalue weighted by atomic mass is 10.0. The summed E-state index contributed by atoms with van der Waals surface area (Å²) in [6.45, 7) is 2.70. The van der Waals surface area contributed by atoms with E-state index in [0.717, 1.165) is 30.4 Å². The second kappa shape index (κ2) is 7.99. The molecular weight excluding hydrogens is 388 g/mol. The van der Waals surface area contributed by atoms with Crippen molar-refractivity contribution < 1.29 is 14.4 Å². The summed E-state index contributed by atoms with van der Waals surface area (Å²) in [4.78, 5) is 41.1. The predicted octanol–water partition coefficient (Wildman–Crippen LogP) is 3.87. The zero-order valence-electron chi connectivity index (χ0n) is 16.4. The Morgan fingerprint density at radius 3 is 2.66 bits per heavy atom. The second-order valence-electron chi connectivity index (χ2n) is 7.74. The molecule has 0 aliphatic carbocycles. The molecule has 150 valence electrons. The van der Waals surface area contributed by atoms with E-state index in [1.807, 2.05) is 42.2 Å². The minimum absolute atomic E-state index is 0.0210. The van der Waals surface area contributed by atoms with E-state index < -0.39 is 0 Å². The Kier molecular flexibility index (Phi) is 5.41. The van der Waals surface area contributed by atoms with Crippen molar-refractivity contribution >= 4 is 29.3 Å². The van der Waals surface area contributed by atoms with E-state index in [2.05, 4.69) is 0 Å². The van der Waals surface area contributed by atoms with Crippen molar-refractivity contribution in [1.29, 1.82) is 0 Å². The van der Waals surface area contributed by atoms with Crippen LogP contribution in [0.15, 0.2) is 42.5 Å². The normalized spacial score (nSPS) is 18.5. The van der Waals surface area contributed by atoms with E-state index >= 15 is 0 Å². The third-order valence-electron chi connectivity index (χ3n) is 5.79. The molecule has 2 aliphatic heterocycles. The number of halogens is 1. The Balaban J connectivity index is 1.40. The quantitative estimate of drug-likeness (QED) is 0.703. The number of hydrogen-bond acceptors (Lipinski definition) is 3. The van der Waals surface area contributed by atoms with Gasteiger partial charge in [0.2, 0.25) is 5.91 Å². The molecule has 3 amide bonds. The van der Waals surface area contributed by atoms with Gasteiger partial charge in [-0.2, -0.15) is 0 Å². The number of carbonyl (C=O) groups is 3. The summed E-state index contributed by atoms with van der Waals surface area (Å²) in [5.74, 6) is -0.644. The van der Waals surface area contributed by atoms with Crippen LogP contribution in [0, 0.1) is 6.92 Å². The Morgan fingerprint density at radius 2 is 1.86 bits per heavy atom. The smallest absolute Gasteiger partial charge is 0.261 e. The maximum absolute atomic E-state index is 12.9. The van der Waals surface area contributed by atoms with Gasteiger partial charge in [-0.3, -0.25) is 19.3 Å². The monoisotopic (exact) mass is 410 g/mol. The van der Waals surface area contributed by atoms with Crippen LogP contribution in [0.5, 0.6) is 0 Å². The lowest BCUT2D eigenvalue weighted by Gasteiger charge is -2.26. The van der Waals surface area contributed by atoms with Gasteiger partial charge in [0.1, 0.15) is 0 Å². The molecule has 1 fully saturated rings. The topological polar surface area (TPSA) is 57.7 Å². The van der Waals surface area contributed by atoms with E-state index in [9.17, 15) is 14.4 Å². The molecule has 0 radical (unpaired) electrons. The van der Waals surface area contributed by atoms with Gasteiger partial charge in [0.05, 0.1) is 11.1 Å². The standard InChI is InChI=1S/C23H23ClN2O3/c1-15-8-9-18-19(13-15)23(29)26(22(18)28)12-10-21(27)25-11-4-6-17(25)14-16-5-2-3-7-20(16)24/h2-3,5,7-9,13,17H,4,6,10-12,14H2,1H3. The number of fused-ring (bicyclic) bond motifs is 1. The summed E-state index contributed by atoms with van der Waals surface area (Å²) < 4.78 is 0. The van der Waals surface area contributed by atoms with Crippen molar-refractivity contribution in [2.24, 2.45) is 0 Å². The molecule has 2 aromatic rings. The van der Waals surface area contributed by atoms with Gasteiger partial charge in [-0.05, 0) is 49.9 Å². The molecule has 2 aromatic carbocycles. The number of nitrogens with zero attached hydrogens (tertiary/aromatic N) is 2. The minimum Gasteiger partial charge on any atom is -0.339 e. The number of carbonyl (C=O) groups excluding carboxylic acids is 3. The highest BCUT2D eigenvalue weighted by Crippen LogP contribution is 2.27. The van der Waals surface area contributed by atoms with Crippen LogP contribution >= 0.6 is 11.6 Å². The summed E-state index contributed by atoms with van der Waals surface area (Å²) in [7, 11) is 0. The first-order valence-corrected chi connectivity index (χ1v) is 10.3. The van der Waals surface area contributed by atoms with E-state index in [1.165, 1.54) is 4.90 Å². The molecule has 0 spiro atoms. The van der Waals surface area contributed by atoms with Gasteiger partial charge < -0.3 is 4.90 Å².